The van der Waals surface area contributed by atoms with Crippen LogP contribution in [0.1, 0.15) is 5.56 Å². The Morgan fingerprint density at radius 2 is 1.93 bits per heavy atom. The number of benzene rings is 2. The predicted molar refractivity (Wildman–Crippen MR) is 101 cm³/mol. The molecule has 5 nitrogen and oxygen atoms in total. The summed E-state index contributed by atoms with van der Waals surface area (Å²) in [5.74, 6) is -1.69. The molecule has 2 heterocycles. The van der Waals surface area contributed by atoms with Crippen molar-refractivity contribution in [3.05, 3.63) is 68.8 Å². The second-order valence-corrected chi connectivity index (χ2v) is 7.05. The molecule has 1 aliphatic rings. The minimum atomic E-state index is -0.667. The highest BCUT2D eigenvalue weighted by atomic mass is 35.5. The lowest BCUT2D eigenvalue weighted by Crippen LogP contribution is -2.15. The summed E-state index contributed by atoms with van der Waals surface area (Å²) in [5.41, 5.74) is 2.11. The van der Waals surface area contributed by atoms with Gasteiger partial charge < -0.3 is 9.88 Å². The number of anilines is 1. The van der Waals surface area contributed by atoms with E-state index in [1.807, 2.05) is 0 Å². The zero-order chi connectivity index (χ0) is 19.1. The fourth-order valence-electron chi connectivity index (χ4n) is 2.72. The molecule has 0 unspecified atom stereocenters. The van der Waals surface area contributed by atoms with Crippen molar-refractivity contribution in [2.45, 2.75) is 0 Å². The van der Waals surface area contributed by atoms with Crippen LogP contribution >= 0.6 is 22.9 Å². The third-order valence-electron chi connectivity index (χ3n) is 4.07. The molecule has 0 fully saturated rings. The first kappa shape index (κ1) is 17.6. The number of halogens is 3. The molecule has 1 amide bonds. The summed E-state index contributed by atoms with van der Waals surface area (Å²) in [6.07, 6.45) is 0. The van der Waals surface area contributed by atoms with Crippen LogP contribution in [0.5, 0.6) is 0 Å². The summed E-state index contributed by atoms with van der Waals surface area (Å²) in [5, 5.41) is 13.1. The van der Waals surface area contributed by atoms with E-state index in [0.29, 0.717) is 26.8 Å². The molecule has 0 bridgehead atoms. The van der Waals surface area contributed by atoms with Gasteiger partial charge in [0.15, 0.2) is 5.71 Å². The van der Waals surface area contributed by atoms with Gasteiger partial charge in [-0.25, -0.2) is 8.78 Å². The summed E-state index contributed by atoms with van der Waals surface area (Å²) in [6.45, 7) is 0. The zero-order valence-corrected chi connectivity index (χ0v) is 15.4. The van der Waals surface area contributed by atoms with E-state index < -0.39 is 11.6 Å². The Morgan fingerprint density at radius 3 is 2.70 bits per heavy atom. The maximum absolute atomic E-state index is 14.0. The second-order valence-electron chi connectivity index (χ2n) is 5.78. The molecule has 2 aromatic carbocycles. The first-order chi connectivity index (χ1) is 12.9. The number of thiazole rings is 1. The molecule has 136 valence electrons. The van der Waals surface area contributed by atoms with Crippen LogP contribution in [-0.2, 0) is 11.8 Å². The Labute approximate surface area is 161 Å². The molecule has 0 saturated carbocycles. The Balaban J connectivity index is 1.77. The van der Waals surface area contributed by atoms with Crippen molar-refractivity contribution >= 4 is 40.2 Å². The van der Waals surface area contributed by atoms with E-state index in [1.54, 1.807) is 35.2 Å². The summed E-state index contributed by atoms with van der Waals surface area (Å²) in [4.78, 5) is 12.6. The van der Waals surface area contributed by atoms with Gasteiger partial charge >= 0.3 is 0 Å². The van der Waals surface area contributed by atoms with Gasteiger partial charge in [0.1, 0.15) is 11.6 Å². The molecule has 1 aromatic heterocycles. The Hall–Kier alpha value is -2.84. The Morgan fingerprint density at radius 1 is 1.11 bits per heavy atom. The van der Waals surface area contributed by atoms with Gasteiger partial charge in [-0.3, -0.25) is 4.79 Å². The van der Waals surface area contributed by atoms with Gasteiger partial charge in [0.05, 0.1) is 11.4 Å². The van der Waals surface area contributed by atoms with E-state index >= 15 is 0 Å². The van der Waals surface area contributed by atoms with Crippen molar-refractivity contribution in [1.82, 2.24) is 4.57 Å². The van der Waals surface area contributed by atoms with Crippen LogP contribution in [0.2, 0.25) is 5.02 Å². The number of fused-ring (bicyclic) bond motifs is 1. The number of hydrogen-bond donors (Lipinski definition) is 1. The first-order valence-electron chi connectivity index (χ1n) is 7.77. The van der Waals surface area contributed by atoms with E-state index in [-0.39, 0.29) is 17.2 Å². The van der Waals surface area contributed by atoms with E-state index in [2.05, 4.69) is 15.5 Å². The molecule has 4 rings (SSSR count). The molecule has 1 N–H and O–H groups in total. The van der Waals surface area contributed by atoms with Crippen molar-refractivity contribution in [2.24, 2.45) is 17.3 Å². The lowest BCUT2D eigenvalue weighted by molar-refractivity contribution is -0.110. The molecule has 0 atom stereocenters. The quantitative estimate of drug-likeness (QED) is 0.646. The SMILES string of the molecule is Cn1c(-c2ccc(F)cc2F)cs/c1=N\N=C1\C(=O)Nc2ccc(Cl)cc21. The minimum Gasteiger partial charge on any atom is -0.320 e. The molecule has 0 saturated heterocycles. The summed E-state index contributed by atoms with van der Waals surface area (Å²) in [6, 6.07) is 8.38. The van der Waals surface area contributed by atoms with E-state index in [1.165, 1.54) is 23.5 Å². The van der Waals surface area contributed by atoms with Crippen molar-refractivity contribution in [1.29, 1.82) is 0 Å². The van der Waals surface area contributed by atoms with Crippen molar-refractivity contribution < 1.29 is 13.6 Å². The number of amides is 1. The van der Waals surface area contributed by atoms with Crippen LogP contribution in [0.15, 0.2) is 52.0 Å². The molecule has 9 heteroatoms. The van der Waals surface area contributed by atoms with E-state index in [9.17, 15) is 13.6 Å². The molecular formula is C18H11ClF2N4OS. The van der Waals surface area contributed by atoms with Gasteiger partial charge in [-0.15, -0.1) is 21.5 Å². The molecule has 27 heavy (non-hydrogen) atoms. The molecule has 0 aliphatic carbocycles. The molecule has 0 spiro atoms. The maximum atomic E-state index is 14.0. The molecule has 0 radical (unpaired) electrons. The fraction of sp³-hybridized carbons (Fsp3) is 0.0556. The number of carbonyl (C=O) groups is 1. The van der Waals surface area contributed by atoms with Gasteiger partial charge in [0.2, 0.25) is 4.80 Å². The zero-order valence-electron chi connectivity index (χ0n) is 13.8. The number of nitrogens with one attached hydrogen (secondary N) is 1. The lowest BCUT2D eigenvalue weighted by Gasteiger charge is -2.04. The number of nitrogens with zero attached hydrogens (tertiary/aromatic N) is 3. The van der Waals surface area contributed by atoms with Crippen molar-refractivity contribution in [2.75, 3.05) is 5.32 Å². The number of hydrogen-bond acceptors (Lipinski definition) is 4. The third-order valence-corrected chi connectivity index (χ3v) is 5.21. The van der Waals surface area contributed by atoms with Crippen LogP contribution in [-0.4, -0.2) is 16.2 Å². The number of aromatic nitrogens is 1. The molecule has 1 aliphatic heterocycles. The van der Waals surface area contributed by atoms with Crippen molar-refractivity contribution in [3.8, 4) is 11.3 Å². The molecular weight excluding hydrogens is 394 g/mol. The fourth-order valence-corrected chi connectivity index (χ4v) is 3.74. The van der Waals surface area contributed by atoms with Gasteiger partial charge in [-0.05, 0) is 30.3 Å². The summed E-state index contributed by atoms with van der Waals surface area (Å²) in [7, 11) is 1.69. The van der Waals surface area contributed by atoms with Gasteiger partial charge in [0, 0.05) is 34.6 Å². The van der Waals surface area contributed by atoms with Crippen LogP contribution in [0, 0.1) is 11.6 Å². The largest absolute Gasteiger partial charge is 0.320 e. The monoisotopic (exact) mass is 404 g/mol. The number of carbonyl (C=O) groups excluding carboxylic acids is 1. The van der Waals surface area contributed by atoms with Crippen LogP contribution in [0.3, 0.4) is 0 Å². The predicted octanol–water partition coefficient (Wildman–Crippen LogP) is 3.94. The maximum Gasteiger partial charge on any atom is 0.276 e. The lowest BCUT2D eigenvalue weighted by atomic mass is 10.1. The second kappa shape index (κ2) is 6.71. The summed E-state index contributed by atoms with van der Waals surface area (Å²) < 4.78 is 28.8. The standard InChI is InChI=1S/C18H11ClF2N4OS/c1-25-15(11-4-3-10(20)7-13(11)21)8-27-18(25)24-23-16-12-6-9(19)2-5-14(12)22-17(16)26/h2-8H,1H3,(H,22,23,26)/b24-18-. The summed E-state index contributed by atoms with van der Waals surface area (Å²) >= 11 is 7.21. The van der Waals surface area contributed by atoms with Gasteiger partial charge in [-0.2, -0.15) is 0 Å². The van der Waals surface area contributed by atoms with Crippen LogP contribution < -0.4 is 10.1 Å². The Bertz CT molecular complexity index is 1180. The van der Waals surface area contributed by atoms with Crippen molar-refractivity contribution in [3.63, 3.8) is 0 Å². The van der Waals surface area contributed by atoms with E-state index in [4.69, 9.17) is 11.6 Å². The van der Waals surface area contributed by atoms with Gasteiger partial charge in [-0.1, -0.05) is 11.6 Å². The highest BCUT2D eigenvalue weighted by Gasteiger charge is 2.26. The first-order valence-corrected chi connectivity index (χ1v) is 9.02. The Kier molecular flexibility index (Phi) is 4.37. The normalized spacial score (nSPS) is 15.3. The van der Waals surface area contributed by atoms with Crippen LogP contribution in [0.25, 0.3) is 11.3 Å². The topological polar surface area (TPSA) is 58.8 Å². The van der Waals surface area contributed by atoms with Crippen LogP contribution in [0.4, 0.5) is 14.5 Å². The van der Waals surface area contributed by atoms with E-state index in [0.717, 1.165) is 6.07 Å². The third kappa shape index (κ3) is 3.17. The minimum absolute atomic E-state index is 0.149. The average molecular weight is 405 g/mol. The smallest absolute Gasteiger partial charge is 0.276 e. The highest BCUT2D eigenvalue weighted by molar-refractivity contribution is 7.07. The molecule has 3 aromatic rings. The highest BCUT2D eigenvalue weighted by Crippen LogP contribution is 2.27. The number of rotatable bonds is 2. The van der Waals surface area contributed by atoms with Gasteiger partial charge in [0.25, 0.3) is 5.91 Å². The average Bonchev–Trinajstić information content (AvgIpc) is 3.13.